The molecule has 0 saturated carbocycles. The topological polar surface area (TPSA) is 43.3 Å². The third-order valence-corrected chi connectivity index (χ3v) is 4.35. The monoisotopic (exact) mass is 303 g/mol. The fourth-order valence-electron chi connectivity index (χ4n) is 2.04. The van der Waals surface area contributed by atoms with Crippen molar-refractivity contribution in [1.82, 2.24) is 9.38 Å². The Bertz CT molecular complexity index is 767. The molecule has 2 aromatic heterocycles. The molecule has 0 spiro atoms. The van der Waals surface area contributed by atoms with E-state index in [4.69, 9.17) is 17.3 Å². The molecule has 102 valence electrons. The van der Waals surface area contributed by atoms with E-state index in [0.717, 1.165) is 27.7 Å². The fourth-order valence-corrected chi connectivity index (χ4v) is 3.04. The number of aryl methyl sites for hydroxylation is 1. The van der Waals surface area contributed by atoms with Gasteiger partial charge in [0, 0.05) is 28.7 Å². The molecule has 3 aromatic rings. The summed E-state index contributed by atoms with van der Waals surface area (Å²) in [6.45, 7) is 2.04. The van der Waals surface area contributed by atoms with E-state index in [9.17, 15) is 0 Å². The van der Waals surface area contributed by atoms with Crippen molar-refractivity contribution in [1.29, 1.82) is 0 Å². The average molecular weight is 304 g/mol. The smallest absolute Gasteiger partial charge is 0.137 e. The lowest BCUT2D eigenvalue weighted by molar-refractivity contribution is 1.18. The van der Waals surface area contributed by atoms with Crippen LogP contribution < -0.4 is 5.73 Å². The summed E-state index contributed by atoms with van der Waals surface area (Å²) in [6, 6.07) is 9.88. The number of fused-ring (bicyclic) bond motifs is 1. The first-order valence-corrected chi connectivity index (χ1v) is 7.60. The van der Waals surface area contributed by atoms with Crippen molar-refractivity contribution in [2.24, 2.45) is 0 Å². The predicted molar refractivity (Wildman–Crippen MR) is 85.4 cm³/mol. The summed E-state index contributed by atoms with van der Waals surface area (Å²) < 4.78 is 1.94. The number of nitrogens with zero attached hydrogens (tertiary/aromatic N) is 2. The van der Waals surface area contributed by atoms with E-state index in [1.165, 1.54) is 5.56 Å². The van der Waals surface area contributed by atoms with Crippen LogP contribution in [-0.2, 0) is 5.75 Å². The third-order valence-electron chi connectivity index (χ3n) is 3.01. The Morgan fingerprint density at radius 3 is 2.90 bits per heavy atom. The Morgan fingerprint density at radius 2 is 2.10 bits per heavy atom. The standard InChI is InChI=1S/C15H14ClN3S/c1-10-2-4-14(13(17)6-10)20-9-12-8-19-7-11(16)3-5-15(19)18-12/h2-8H,9,17H2,1H3. The van der Waals surface area contributed by atoms with Gasteiger partial charge in [-0.3, -0.25) is 0 Å². The quantitative estimate of drug-likeness (QED) is 0.583. The highest BCUT2D eigenvalue weighted by atomic mass is 35.5. The van der Waals surface area contributed by atoms with E-state index in [1.807, 2.05) is 41.9 Å². The first-order chi connectivity index (χ1) is 9.61. The molecule has 0 aliphatic heterocycles. The largest absolute Gasteiger partial charge is 0.398 e. The highest BCUT2D eigenvalue weighted by molar-refractivity contribution is 7.98. The maximum Gasteiger partial charge on any atom is 0.137 e. The van der Waals surface area contributed by atoms with Gasteiger partial charge in [0.1, 0.15) is 5.65 Å². The number of imidazole rings is 1. The van der Waals surface area contributed by atoms with E-state index in [-0.39, 0.29) is 0 Å². The number of nitrogen functional groups attached to an aromatic ring is 1. The van der Waals surface area contributed by atoms with Crippen molar-refractivity contribution in [3.8, 4) is 0 Å². The van der Waals surface area contributed by atoms with E-state index in [2.05, 4.69) is 17.1 Å². The van der Waals surface area contributed by atoms with Gasteiger partial charge >= 0.3 is 0 Å². The molecule has 2 heterocycles. The predicted octanol–water partition coefficient (Wildman–Crippen LogP) is 4.17. The SMILES string of the molecule is Cc1ccc(SCc2cn3cc(Cl)ccc3n2)c(N)c1. The summed E-state index contributed by atoms with van der Waals surface area (Å²) in [4.78, 5) is 5.65. The first-order valence-electron chi connectivity index (χ1n) is 6.24. The van der Waals surface area contributed by atoms with Gasteiger partial charge in [0.2, 0.25) is 0 Å². The lowest BCUT2D eigenvalue weighted by Gasteiger charge is -2.04. The lowest BCUT2D eigenvalue weighted by atomic mass is 10.2. The van der Waals surface area contributed by atoms with Gasteiger partial charge in [0.05, 0.1) is 10.7 Å². The highest BCUT2D eigenvalue weighted by Crippen LogP contribution is 2.28. The number of halogens is 1. The maximum absolute atomic E-state index is 6.02. The van der Waals surface area contributed by atoms with Crippen LogP contribution in [0, 0.1) is 6.92 Å². The minimum absolute atomic E-state index is 0.705. The lowest BCUT2D eigenvalue weighted by Crippen LogP contribution is -1.90. The molecular weight excluding hydrogens is 290 g/mol. The number of benzene rings is 1. The fraction of sp³-hybridized carbons (Fsp3) is 0.133. The Labute approximate surface area is 126 Å². The Hall–Kier alpha value is -1.65. The van der Waals surface area contributed by atoms with Crippen LogP contribution in [0.15, 0.2) is 47.6 Å². The zero-order valence-corrected chi connectivity index (χ0v) is 12.6. The number of pyridine rings is 1. The van der Waals surface area contributed by atoms with Crippen molar-refractivity contribution < 1.29 is 0 Å². The Kier molecular flexibility index (Phi) is 3.59. The van der Waals surface area contributed by atoms with Crippen molar-refractivity contribution in [3.63, 3.8) is 0 Å². The van der Waals surface area contributed by atoms with Crippen LogP contribution in [0.4, 0.5) is 5.69 Å². The number of thioether (sulfide) groups is 1. The van der Waals surface area contributed by atoms with Crippen LogP contribution in [0.3, 0.4) is 0 Å². The number of hydrogen-bond acceptors (Lipinski definition) is 3. The van der Waals surface area contributed by atoms with Crippen molar-refractivity contribution in [2.75, 3.05) is 5.73 Å². The van der Waals surface area contributed by atoms with Crippen LogP contribution >= 0.6 is 23.4 Å². The molecule has 0 fully saturated rings. The summed E-state index contributed by atoms with van der Waals surface area (Å²) in [5.74, 6) is 0.784. The van der Waals surface area contributed by atoms with Gasteiger partial charge < -0.3 is 10.1 Å². The van der Waals surface area contributed by atoms with Crippen LogP contribution in [0.5, 0.6) is 0 Å². The number of aromatic nitrogens is 2. The minimum Gasteiger partial charge on any atom is -0.398 e. The van der Waals surface area contributed by atoms with E-state index < -0.39 is 0 Å². The van der Waals surface area contributed by atoms with Crippen LogP contribution in [0.1, 0.15) is 11.3 Å². The number of anilines is 1. The van der Waals surface area contributed by atoms with E-state index in [0.29, 0.717) is 5.02 Å². The Balaban J connectivity index is 1.79. The molecule has 3 rings (SSSR count). The van der Waals surface area contributed by atoms with E-state index in [1.54, 1.807) is 11.8 Å². The molecule has 0 unspecified atom stereocenters. The zero-order chi connectivity index (χ0) is 14.1. The summed E-state index contributed by atoms with van der Waals surface area (Å²) >= 11 is 7.66. The van der Waals surface area contributed by atoms with Gasteiger partial charge in [0.15, 0.2) is 0 Å². The molecule has 0 amide bonds. The van der Waals surface area contributed by atoms with Crippen LogP contribution in [0.2, 0.25) is 5.02 Å². The number of rotatable bonds is 3. The summed E-state index contributed by atoms with van der Waals surface area (Å²) in [5.41, 5.74) is 9.93. The second kappa shape index (κ2) is 5.38. The molecule has 5 heteroatoms. The second-order valence-corrected chi connectivity index (χ2v) is 6.13. The average Bonchev–Trinajstić information content (AvgIpc) is 2.79. The third kappa shape index (κ3) is 2.76. The van der Waals surface area contributed by atoms with Crippen LogP contribution in [0.25, 0.3) is 5.65 Å². The van der Waals surface area contributed by atoms with Crippen molar-refractivity contribution >= 4 is 34.7 Å². The molecule has 0 aliphatic carbocycles. The maximum atomic E-state index is 6.02. The van der Waals surface area contributed by atoms with Gasteiger partial charge in [-0.25, -0.2) is 4.98 Å². The molecule has 20 heavy (non-hydrogen) atoms. The van der Waals surface area contributed by atoms with Crippen molar-refractivity contribution in [2.45, 2.75) is 17.6 Å². The van der Waals surface area contributed by atoms with Gasteiger partial charge in [-0.15, -0.1) is 11.8 Å². The van der Waals surface area contributed by atoms with Gasteiger partial charge in [-0.05, 0) is 36.8 Å². The molecule has 0 radical (unpaired) electrons. The molecule has 3 nitrogen and oxygen atoms in total. The van der Waals surface area contributed by atoms with Gasteiger partial charge in [-0.1, -0.05) is 17.7 Å². The second-order valence-electron chi connectivity index (χ2n) is 4.67. The molecular formula is C15H14ClN3S. The molecule has 0 aliphatic rings. The van der Waals surface area contributed by atoms with Crippen LogP contribution in [-0.4, -0.2) is 9.38 Å². The normalized spacial score (nSPS) is 11.1. The van der Waals surface area contributed by atoms with Gasteiger partial charge in [-0.2, -0.15) is 0 Å². The minimum atomic E-state index is 0.705. The molecule has 2 N–H and O–H groups in total. The van der Waals surface area contributed by atoms with E-state index >= 15 is 0 Å². The summed E-state index contributed by atoms with van der Waals surface area (Å²) in [7, 11) is 0. The first kappa shape index (κ1) is 13.3. The summed E-state index contributed by atoms with van der Waals surface area (Å²) in [6.07, 6.45) is 3.86. The summed E-state index contributed by atoms with van der Waals surface area (Å²) in [5, 5.41) is 0.705. The number of hydrogen-bond donors (Lipinski definition) is 1. The molecule has 0 saturated heterocycles. The molecule has 0 bridgehead atoms. The Morgan fingerprint density at radius 1 is 1.25 bits per heavy atom. The number of nitrogens with two attached hydrogens (primary N) is 1. The zero-order valence-electron chi connectivity index (χ0n) is 11.0. The van der Waals surface area contributed by atoms with Gasteiger partial charge in [0.25, 0.3) is 0 Å². The highest BCUT2D eigenvalue weighted by Gasteiger charge is 2.05. The van der Waals surface area contributed by atoms with Crippen molar-refractivity contribution in [3.05, 3.63) is 59.0 Å². The molecule has 0 atom stereocenters. The molecule has 1 aromatic carbocycles.